The van der Waals surface area contributed by atoms with Gasteiger partial charge in [0.15, 0.2) is 5.82 Å². The van der Waals surface area contributed by atoms with Gasteiger partial charge in [-0.25, -0.2) is 0 Å². The lowest BCUT2D eigenvalue weighted by Gasteiger charge is -2.24. The fourth-order valence-electron chi connectivity index (χ4n) is 2.21. The van der Waals surface area contributed by atoms with Crippen molar-refractivity contribution in [2.75, 3.05) is 13.1 Å². The summed E-state index contributed by atoms with van der Waals surface area (Å²) in [5.41, 5.74) is 5.00. The van der Waals surface area contributed by atoms with Crippen LogP contribution in [-0.2, 0) is 17.4 Å². The maximum Gasteiger partial charge on any atom is 0.471 e. The van der Waals surface area contributed by atoms with Gasteiger partial charge in [0.05, 0.1) is 5.54 Å². The Balaban J connectivity index is 2.22. The number of aryl methyl sites for hydroxylation is 1. The van der Waals surface area contributed by atoms with Crippen LogP contribution >= 0.6 is 0 Å². The molecule has 106 valence electrons. The number of nitrogens with two attached hydrogens (primary N) is 1. The van der Waals surface area contributed by atoms with Crippen molar-refractivity contribution in [3.8, 4) is 0 Å². The number of nitrogens with zero attached hydrogens (tertiary/aromatic N) is 4. The lowest BCUT2D eigenvalue weighted by molar-refractivity contribution is -0.184. The summed E-state index contributed by atoms with van der Waals surface area (Å²) in [6.07, 6.45) is -4.65. The van der Waals surface area contributed by atoms with Crippen LogP contribution in [-0.4, -0.2) is 44.8 Å². The molecule has 19 heavy (non-hydrogen) atoms. The first-order valence-corrected chi connectivity index (χ1v) is 5.66. The highest BCUT2D eigenvalue weighted by Gasteiger charge is 2.49. The van der Waals surface area contributed by atoms with Gasteiger partial charge in [0.2, 0.25) is 0 Å². The first-order chi connectivity index (χ1) is 8.65. The Morgan fingerprint density at radius 3 is 2.53 bits per heavy atom. The molecule has 2 N–H and O–H groups in total. The van der Waals surface area contributed by atoms with E-state index in [0.29, 0.717) is 16.5 Å². The fraction of sp³-hybridized carbons (Fsp3) is 0.700. The van der Waals surface area contributed by atoms with Gasteiger partial charge >= 0.3 is 12.1 Å². The van der Waals surface area contributed by atoms with E-state index < -0.39 is 17.6 Å². The summed E-state index contributed by atoms with van der Waals surface area (Å²) in [6, 6.07) is 0. The molecular weight excluding hydrogens is 263 g/mol. The predicted octanol–water partition coefficient (Wildman–Crippen LogP) is 0.0721. The first-order valence-electron chi connectivity index (χ1n) is 5.66. The molecule has 0 bridgehead atoms. The van der Waals surface area contributed by atoms with Crippen molar-refractivity contribution in [1.29, 1.82) is 0 Å². The number of likely N-dealkylation sites (tertiary alicyclic amines) is 1. The summed E-state index contributed by atoms with van der Waals surface area (Å²) in [4.78, 5) is 11.9. The normalized spacial score (nSPS) is 24.0. The van der Waals surface area contributed by atoms with E-state index >= 15 is 0 Å². The highest BCUT2D eigenvalue weighted by molar-refractivity contribution is 5.82. The number of halogens is 3. The van der Waals surface area contributed by atoms with E-state index in [1.54, 1.807) is 18.5 Å². The number of hydrogen-bond donors (Lipinski definition) is 1. The molecule has 1 aromatic heterocycles. The van der Waals surface area contributed by atoms with Crippen molar-refractivity contribution < 1.29 is 18.0 Å². The van der Waals surface area contributed by atoms with Crippen molar-refractivity contribution in [3.63, 3.8) is 0 Å². The van der Waals surface area contributed by atoms with Gasteiger partial charge in [0.1, 0.15) is 5.82 Å². The number of carbonyl (C=O) groups is 1. The van der Waals surface area contributed by atoms with Crippen LogP contribution in [0.4, 0.5) is 13.2 Å². The van der Waals surface area contributed by atoms with Crippen LogP contribution in [0.5, 0.6) is 0 Å². The Morgan fingerprint density at radius 1 is 1.42 bits per heavy atom. The third kappa shape index (κ3) is 2.29. The number of amides is 1. The third-order valence-electron chi connectivity index (χ3n) is 3.37. The molecule has 1 fully saturated rings. The zero-order valence-corrected chi connectivity index (χ0v) is 10.5. The van der Waals surface area contributed by atoms with Crippen LogP contribution in [0.2, 0.25) is 0 Å². The average Bonchev–Trinajstić information content (AvgIpc) is 2.83. The molecule has 0 radical (unpaired) electrons. The van der Waals surface area contributed by atoms with Crippen LogP contribution in [0.15, 0.2) is 0 Å². The molecule has 6 nitrogen and oxygen atoms in total. The van der Waals surface area contributed by atoms with Gasteiger partial charge in [-0.2, -0.15) is 13.2 Å². The van der Waals surface area contributed by atoms with E-state index in [1.807, 2.05) is 0 Å². The van der Waals surface area contributed by atoms with Crippen LogP contribution in [0.1, 0.15) is 18.1 Å². The fourth-order valence-corrected chi connectivity index (χ4v) is 2.21. The monoisotopic (exact) mass is 277 g/mol. The van der Waals surface area contributed by atoms with Crippen molar-refractivity contribution in [1.82, 2.24) is 19.7 Å². The number of carbonyl (C=O) groups excluding carboxylic acids is 1. The SMILES string of the molecule is Cc1nnc(C2(N)CCN(C(=O)C(F)(F)F)C2)n1C. The summed E-state index contributed by atoms with van der Waals surface area (Å²) in [5.74, 6) is -0.860. The van der Waals surface area contributed by atoms with Gasteiger partial charge in [0.25, 0.3) is 0 Å². The molecule has 1 amide bonds. The molecule has 0 saturated carbocycles. The third-order valence-corrected chi connectivity index (χ3v) is 3.37. The average molecular weight is 277 g/mol. The number of hydrogen-bond acceptors (Lipinski definition) is 4. The van der Waals surface area contributed by atoms with Crippen molar-refractivity contribution >= 4 is 5.91 Å². The Hall–Kier alpha value is -1.64. The van der Waals surface area contributed by atoms with Gasteiger partial charge in [-0.1, -0.05) is 0 Å². The van der Waals surface area contributed by atoms with Crippen molar-refractivity contribution in [2.24, 2.45) is 12.8 Å². The molecule has 1 atom stereocenters. The van der Waals surface area contributed by atoms with Crippen molar-refractivity contribution in [3.05, 3.63) is 11.6 Å². The summed E-state index contributed by atoms with van der Waals surface area (Å²) in [5, 5.41) is 7.73. The smallest absolute Gasteiger partial charge is 0.332 e. The van der Waals surface area contributed by atoms with E-state index in [0.717, 1.165) is 0 Å². The summed E-state index contributed by atoms with van der Waals surface area (Å²) in [7, 11) is 1.69. The summed E-state index contributed by atoms with van der Waals surface area (Å²) in [6.45, 7) is 1.46. The zero-order chi connectivity index (χ0) is 14.4. The molecule has 0 aliphatic carbocycles. The molecule has 1 aliphatic rings. The molecular formula is C10H14F3N5O. The molecule has 1 aliphatic heterocycles. The maximum atomic E-state index is 12.4. The van der Waals surface area contributed by atoms with E-state index in [2.05, 4.69) is 10.2 Å². The minimum Gasteiger partial charge on any atom is -0.332 e. The van der Waals surface area contributed by atoms with E-state index in [-0.39, 0.29) is 19.5 Å². The van der Waals surface area contributed by atoms with E-state index in [9.17, 15) is 18.0 Å². The molecule has 9 heteroatoms. The lowest BCUT2D eigenvalue weighted by Crippen LogP contribution is -2.46. The van der Waals surface area contributed by atoms with Crippen LogP contribution in [0.3, 0.4) is 0 Å². The molecule has 1 aromatic rings. The summed E-state index contributed by atoms with van der Waals surface area (Å²) >= 11 is 0. The van der Waals surface area contributed by atoms with Gasteiger partial charge in [0, 0.05) is 20.1 Å². The number of rotatable bonds is 1. The van der Waals surface area contributed by atoms with Gasteiger partial charge in [-0.05, 0) is 13.3 Å². The second kappa shape index (κ2) is 4.19. The minimum absolute atomic E-state index is 0.0409. The van der Waals surface area contributed by atoms with E-state index in [1.165, 1.54) is 0 Å². The second-order valence-electron chi connectivity index (χ2n) is 4.76. The highest BCUT2D eigenvalue weighted by atomic mass is 19.4. The minimum atomic E-state index is -4.87. The quantitative estimate of drug-likeness (QED) is 0.788. The van der Waals surface area contributed by atoms with Crippen LogP contribution in [0, 0.1) is 6.92 Å². The Bertz CT molecular complexity index is 512. The summed E-state index contributed by atoms with van der Waals surface area (Å²) < 4.78 is 38.7. The Kier molecular flexibility index (Phi) is 3.04. The Labute approximate surface area is 107 Å². The van der Waals surface area contributed by atoms with Crippen molar-refractivity contribution in [2.45, 2.75) is 25.1 Å². The highest BCUT2D eigenvalue weighted by Crippen LogP contribution is 2.31. The molecule has 0 aromatic carbocycles. The second-order valence-corrected chi connectivity index (χ2v) is 4.76. The van der Waals surface area contributed by atoms with Gasteiger partial charge < -0.3 is 15.2 Å². The molecule has 2 rings (SSSR count). The number of aromatic nitrogens is 3. The largest absolute Gasteiger partial charge is 0.471 e. The topological polar surface area (TPSA) is 77.0 Å². The number of alkyl halides is 3. The van der Waals surface area contributed by atoms with Gasteiger partial charge in [-0.3, -0.25) is 4.79 Å². The standard InChI is InChI=1S/C10H14F3N5O/c1-6-15-16-7(17(6)2)9(14)3-4-18(5-9)8(19)10(11,12)13/h3-5,14H2,1-2H3. The molecule has 0 spiro atoms. The lowest BCUT2D eigenvalue weighted by atomic mass is 9.99. The zero-order valence-electron chi connectivity index (χ0n) is 10.5. The molecule has 1 unspecified atom stereocenters. The molecule has 1 saturated heterocycles. The Morgan fingerprint density at radius 2 is 2.05 bits per heavy atom. The maximum absolute atomic E-state index is 12.4. The predicted molar refractivity (Wildman–Crippen MR) is 58.9 cm³/mol. The molecule has 2 heterocycles. The van der Waals surface area contributed by atoms with Gasteiger partial charge in [-0.15, -0.1) is 10.2 Å². The first kappa shape index (κ1) is 13.8. The van der Waals surface area contributed by atoms with Crippen LogP contribution < -0.4 is 5.73 Å². The van der Waals surface area contributed by atoms with Crippen LogP contribution in [0.25, 0.3) is 0 Å². The van der Waals surface area contributed by atoms with E-state index in [4.69, 9.17) is 5.73 Å².